The van der Waals surface area contributed by atoms with E-state index < -0.39 is 0 Å². The third-order valence-corrected chi connectivity index (χ3v) is 2.83. The third kappa shape index (κ3) is 3.26. The molecule has 0 unspecified atom stereocenters. The average Bonchev–Trinajstić information content (AvgIpc) is 2.87. The second kappa shape index (κ2) is 6.06. The Labute approximate surface area is 118 Å². The molecule has 0 spiro atoms. The molecule has 2 aromatic rings. The molecule has 0 atom stereocenters. The fraction of sp³-hybridized carbons (Fsp3) is 0.200. The van der Waals surface area contributed by atoms with Crippen LogP contribution in [0.25, 0.3) is 11.3 Å². The molecule has 0 aliphatic rings. The minimum atomic E-state index is -0.0850. The van der Waals surface area contributed by atoms with Crippen LogP contribution >= 0.6 is 0 Å². The molecule has 2 rings (SSSR count). The number of nitrogens with zero attached hydrogens (tertiary/aromatic N) is 2. The van der Waals surface area contributed by atoms with E-state index in [1.807, 2.05) is 30.3 Å². The third-order valence-electron chi connectivity index (χ3n) is 2.83. The highest BCUT2D eigenvalue weighted by Gasteiger charge is 2.10. The maximum absolute atomic E-state index is 5.74. The van der Waals surface area contributed by atoms with Gasteiger partial charge in [0.15, 0.2) is 0 Å². The van der Waals surface area contributed by atoms with E-state index in [-0.39, 0.29) is 5.96 Å². The molecular weight excluding hydrogens is 252 g/mol. The van der Waals surface area contributed by atoms with Gasteiger partial charge in [0.05, 0.1) is 6.21 Å². The minimum Gasteiger partial charge on any atom is -0.455 e. The van der Waals surface area contributed by atoms with Crippen LogP contribution in [0.4, 0.5) is 0 Å². The van der Waals surface area contributed by atoms with Gasteiger partial charge < -0.3 is 15.9 Å². The Morgan fingerprint density at radius 1 is 1.15 bits per heavy atom. The van der Waals surface area contributed by atoms with Gasteiger partial charge in [0.2, 0.25) is 5.96 Å². The molecule has 1 aromatic heterocycles. The van der Waals surface area contributed by atoms with E-state index in [2.05, 4.69) is 30.1 Å². The van der Waals surface area contributed by atoms with Gasteiger partial charge in [-0.05, 0) is 23.6 Å². The lowest BCUT2D eigenvalue weighted by molar-refractivity contribution is 0.573. The summed E-state index contributed by atoms with van der Waals surface area (Å²) in [5.41, 5.74) is 12.7. The number of hydrogen-bond acceptors (Lipinski definition) is 3. The lowest BCUT2D eigenvalue weighted by atomic mass is 9.96. The summed E-state index contributed by atoms with van der Waals surface area (Å²) in [6, 6.07) is 11.9. The molecule has 20 heavy (non-hydrogen) atoms. The van der Waals surface area contributed by atoms with Gasteiger partial charge in [-0.2, -0.15) is 5.10 Å². The molecule has 4 N–H and O–H groups in total. The molecule has 0 saturated carbocycles. The molecule has 104 valence electrons. The Hall–Kier alpha value is -2.56. The van der Waals surface area contributed by atoms with Crippen molar-refractivity contribution < 1.29 is 4.42 Å². The van der Waals surface area contributed by atoms with Crippen molar-refractivity contribution >= 4 is 12.2 Å². The summed E-state index contributed by atoms with van der Waals surface area (Å²) in [6.07, 6.45) is 1.47. The van der Waals surface area contributed by atoms with Crippen LogP contribution < -0.4 is 11.5 Å². The van der Waals surface area contributed by atoms with Crippen LogP contribution in [0.5, 0.6) is 0 Å². The molecule has 0 fully saturated rings. The Balaban J connectivity index is 2.30. The van der Waals surface area contributed by atoms with Gasteiger partial charge in [0.25, 0.3) is 0 Å². The summed E-state index contributed by atoms with van der Waals surface area (Å²) in [5.74, 6) is 1.75. The van der Waals surface area contributed by atoms with Gasteiger partial charge in [0, 0.05) is 5.56 Å². The minimum absolute atomic E-state index is 0.0850. The average molecular weight is 270 g/mol. The summed E-state index contributed by atoms with van der Waals surface area (Å²) in [4.78, 5) is 0. The van der Waals surface area contributed by atoms with E-state index in [4.69, 9.17) is 15.9 Å². The van der Waals surface area contributed by atoms with Crippen LogP contribution in [0.2, 0.25) is 0 Å². The first-order valence-electron chi connectivity index (χ1n) is 6.39. The van der Waals surface area contributed by atoms with E-state index >= 15 is 0 Å². The van der Waals surface area contributed by atoms with Gasteiger partial charge in [-0.25, -0.2) is 0 Å². The van der Waals surface area contributed by atoms with E-state index in [9.17, 15) is 0 Å². The van der Waals surface area contributed by atoms with Crippen molar-refractivity contribution in [2.24, 2.45) is 21.7 Å². The fourth-order valence-electron chi connectivity index (χ4n) is 1.94. The fourth-order valence-corrected chi connectivity index (χ4v) is 1.94. The monoisotopic (exact) mass is 270 g/mol. The largest absolute Gasteiger partial charge is 0.455 e. The van der Waals surface area contributed by atoms with Crippen molar-refractivity contribution in [3.63, 3.8) is 0 Å². The van der Waals surface area contributed by atoms with Crippen LogP contribution in [0.3, 0.4) is 0 Å². The van der Waals surface area contributed by atoms with Crippen molar-refractivity contribution in [1.82, 2.24) is 0 Å². The molecular formula is C15H18N4O. The highest BCUT2D eigenvalue weighted by molar-refractivity contribution is 5.80. The van der Waals surface area contributed by atoms with E-state index in [0.29, 0.717) is 11.7 Å². The molecule has 0 aliphatic heterocycles. The van der Waals surface area contributed by atoms with Crippen LogP contribution in [0, 0.1) is 0 Å². The molecule has 0 amide bonds. The lowest BCUT2D eigenvalue weighted by Gasteiger charge is -2.10. The summed E-state index contributed by atoms with van der Waals surface area (Å²) < 4.78 is 5.74. The van der Waals surface area contributed by atoms with Crippen molar-refractivity contribution in [2.45, 2.75) is 19.8 Å². The molecule has 1 heterocycles. The van der Waals surface area contributed by atoms with Crippen LogP contribution in [0.1, 0.15) is 31.1 Å². The SMILES string of the molecule is CC(C)c1ccccc1-c1ccc(/C=N/N=C(N)N)o1. The van der Waals surface area contributed by atoms with Crippen LogP contribution in [-0.4, -0.2) is 12.2 Å². The number of rotatable bonds is 4. The number of nitrogens with two attached hydrogens (primary N) is 2. The summed E-state index contributed by atoms with van der Waals surface area (Å²) in [7, 11) is 0. The summed E-state index contributed by atoms with van der Waals surface area (Å²) >= 11 is 0. The normalized spacial score (nSPS) is 11.2. The Morgan fingerprint density at radius 3 is 2.60 bits per heavy atom. The maximum atomic E-state index is 5.74. The molecule has 0 bridgehead atoms. The van der Waals surface area contributed by atoms with Crippen molar-refractivity contribution in [2.75, 3.05) is 0 Å². The highest BCUT2D eigenvalue weighted by atomic mass is 16.3. The number of guanidine groups is 1. The van der Waals surface area contributed by atoms with E-state index in [0.717, 1.165) is 11.3 Å². The van der Waals surface area contributed by atoms with Gasteiger partial charge >= 0.3 is 0 Å². The quantitative estimate of drug-likeness (QED) is 0.508. The van der Waals surface area contributed by atoms with Crippen molar-refractivity contribution in [3.8, 4) is 11.3 Å². The molecule has 5 heteroatoms. The van der Waals surface area contributed by atoms with Gasteiger partial charge in [0.1, 0.15) is 11.5 Å². The van der Waals surface area contributed by atoms with Crippen molar-refractivity contribution in [3.05, 3.63) is 47.7 Å². The number of benzene rings is 1. The second-order valence-electron chi connectivity index (χ2n) is 4.71. The van der Waals surface area contributed by atoms with Gasteiger partial charge in [-0.15, -0.1) is 5.10 Å². The highest BCUT2D eigenvalue weighted by Crippen LogP contribution is 2.29. The zero-order chi connectivity index (χ0) is 14.5. The Kier molecular flexibility index (Phi) is 4.20. The number of furan rings is 1. The lowest BCUT2D eigenvalue weighted by Crippen LogP contribution is -2.21. The summed E-state index contributed by atoms with van der Waals surface area (Å²) in [6.45, 7) is 4.31. The first-order valence-corrected chi connectivity index (χ1v) is 6.39. The smallest absolute Gasteiger partial charge is 0.211 e. The molecule has 0 aliphatic carbocycles. The van der Waals surface area contributed by atoms with E-state index in [1.165, 1.54) is 11.8 Å². The molecule has 1 aromatic carbocycles. The van der Waals surface area contributed by atoms with E-state index in [1.54, 1.807) is 0 Å². The molecule has 5 nitrogen and oxygen atoms in total. The predicted octanol–water partition coefficient (Wildman–Crippen LogP) is 2.68. The first kappa shape index (κ1) is 13.9. The van der Waals surface area contributed by atoms with Gasteiger partial charge in [-0.1, -0.05) is 38.1 Å². The first-order chi connectivity index (χ1) is 9.58. The second-order valence-corrected chi connectivity index (χ2v) is 4.71. The van der Waals surface area contributed by atoms with Gasteiger partial charge in [-0.3, -0.25) is 0 Å². The predicted molar refractivity (Wildman–Crippen MR) is 81.6 cm³/mol. The zero-order valence-electron chi connectivity index (χ0n) is 11.6. The summed E-state index contributed by atoms with van der Waals surface area (Å²) in [5, 5.41) is 7.25. The molecule has 0 saturated heterocycles. The zero-order valence-corrected chi connectivity index (χ0v) is 11.6. The van der Waals surface area contributed by atoms with Crippen molar-refractivity contribution in [1.29, 1.82) is 0 Å². The maximum Gasteiger partial charge on any atom is 0.211 e. The number of hydrogen-bond donors (Lipinski definition) is 2. The Morgan fingerprint density at radius 2 is 1.90 bits per heavy atom. The molecule has 0 radical (unpaired) electrons. The van der Waals surface area contributed by atoms with Crippen LogP contribution in [-0.2, 0) is 0 Å². The topological polar surface area (TPSA) is 89.9 Å². The Bertz CT molecular complexity index is 637. The van der Waals surface area contributed by atoms with Crippen LogP contribution in [0.15, 0.2) is 51.0 Å². The standard InChI is InChI=1S/C15H18N4O/c1-10(2)12-5-3-4-6-13(12)14-8-7-11(20-14)9-18-19-15(16)17/h3-10H,1-2H3,(H4,16,17,19)/b18-9+.